The summed E-state index contributed by atoms with van der Waals surface area (Å²) in [6.45, 7) is 2.62. The van der Waals surface area contributed by atoms with E-state index in [-0.39, 0.29) is 27.6 Å². The highest BCUT2D eigenvalue weighted by Crippen LogP contribution is 2.45. The second-order valence-corrected chi connectivity index (χ2v) is 6.38. The van der Waals surface area contributed by atoms with Gasteiger partial charge in [0.2, 0.25) is 0 Å². The van der Waals surface area contributed by atoms with Gasteiger partial charge in [-0.1, -0.05) is 25.6 Å². The zero-order valence-electron chi connectivity index (χ0n) is 11.2. The van der Waals surface area contributed by atoms with Gasteiger partial charge in [0.1, 0.15) is 12.2 Å². The zero-order chi connectivity index (χ0) is 15.1. The minimum absolute atomic E-state index is 0.0265. The third-order valence-corrected chi connectivity index (χ3v) is 4.91. The molecule has 0 fully saturated rings. The van der Waals surface area contributed by atoms with Crippen LogP contribution in [-0.2, 0) is 5.54 Å². The Bertz CT molecular complexity index is 564. The molecular weight excluding hydrogens is 287 g/mol. The van der Waals surface area contributed by atoms with Gasteiger partial charge in [-0.05, 0) is 12.1 Å². The number of rotatable bonds is 2. The summed E-state index contributed by atoms with van der Waals surface area (Å²) in [7, 11) is 0. The van der Waals surface area contributed by atoms with Crippen molar-refractivity contribution in [1.82, 2.24) is 0 Å². The van der Waals surface area contributed by atoms with Crippen LogP contribution < -0.4 is 11.5 Å². The van der Waals surface area contributed by atoms with Gasteiger partial charge >= 0.3 is 0 Å². The van der Waals surface area contributed by atoms with Crippen LogP contribution in [0.1, 0.15) is 19.4 Å². The SMILES string of the molecule is CC1[C@H](C)SC(N)=N[C@]1(CF)c1cc(N)cc(F)c1F. The summed E-state index contributed by atoms with van der Waals surface area (Å²) in [6, 6.07) is 2.09. The average molecular weight is 303 g/mol. The molecule has 0 saturated carbocycles. The summed E-state index contributed by atoms with van der Waals surface area (Å²) in [6.07, 6.45) is 0. The molecule has 1 aromatic carbocycles. The lowest BCUT2D eigenvalue weighted by molar-refractivity contribution is 0.215. The zero-order valence-corrected chi connectivity index (χ0v) is 12.0. The fourth-order valence-corrected chi connectivity index (χ4v) is 3.49. The van der Waals surface area contributed by atoms with Gasteiger partial charge in [0.15, 0.2) is 16.8 Å². The first kappa shape index (κ1) is 15.0. The molecule has 2 rings (SSSR count). The molecule has 0 saturated heterocycles. The number of nitrogen functional groups attached to an aromatic ring is 1. The Labute approximate surface area is 119 Å². The smallest absolute Gasteiger partial charge is 0.164 e. The summed E-state index contributed by atoms with van der Waals surface area (Å²) < 4.78 is 41.4. The van der Waals surface area contributed by atoms with Crippen molar-refractivity contribution in [2.45, 2.75) is 24.6 Å². The molecule has 0 aliphatic carbocycles. The van der Waals surface area contributed by atoms with Crippen molar-refractivity contribution < 1.29 is 13.2 Å². The number of aliphatic imine (C=N–C) groups is 1. The number of anilines is 1. The Hall–Kier alpha value is -1.37. The Balaban J connectivity index is 2.71. The maximum absolute atomic E-state index is 14.1. The number of nitrogens with zero attached hydrogens (tertiary/aromatic N) is 1. The Morgan fingerprint density at radius 2 is 1.95 bits per heavy atom. The van der Waals surface area contributed by atoms with Crippen LogP contribution in [0.4, 0.5) is 18.9 Å². The minimum atomic E-state index is -1.53. The highest BCUT2D eigenvalue weighted by atomic mass is 32.2. The van der Waals surface area contributed by atoms with Crippen molar-refractivity contribution in [2.24, 2.45) is 16.6 Å². The van der Waals surface area contributed by atoms with Gasteiger partial charge in [0, 0.05) is 22.4 Å². The van der Waals surface area contributed by atoms with Gasteiger partial charge in [0.05, 0.1) is 0 Å². The predicted molar refractivity (Wildman–Crippen MR) is 76.3 cm³/mol. The second kappa shape index (κ2) is 5.20. The molecule has 110 valence electrons. The van der Waals surface area contributed by atoms with Crippen molar-refractivity contribution in [3.63, 3.8) is 0 Å². The molecule has 0 aromatic heterocycles. The first-order chi connectivity index (χ1) is 9.31. The van der Waals surface area contributed by atoms with Crippen LogP contribution in [0.2, 0.25) is 0 Å². The summed E-state index contributed by atoms with van der Waals surface area (Å²) >= 11 is 1.29. The summed E-state index contributed by atoms with van der Waals surface area (Å²) in [5.74, 6) is -2.60. The molecule has 1 aromatic rings. The lowest BCUT2D eigenvalue weighted by Crippen LogP contribution is -2.45. The number of benzene rings is 1. The van der Waals surface area contributed by atoms with Crippen molar-refractivity contribution in [2.75, 3.05) is 12.4 Å². The van der Waals surface area contributed by atoms with Crippen LogP contribution in [0.5, 0.6) is 0 Å². The minimum Gasteiger partial charge on any atom is -0.399 e. The maximum atomic E-state index is 14.1. The van der Waals surface area contributed by atoms with Gasteiger partial charge in [-0.3, -0.25) is 0 Å². The van der Waals surface area contributed by atoms with Crippen LogP contribution in [0.3, 0.4) is 0 Å². The Morgan fingerprint density at radius 3 is 2.55 bits per heavy atom. The molecule has 1 aliphatic rings. The molecule has 0 spiro atoms. The molecule has 7 heteroatoms. The molecule has 3 nitrogen and oxygen atoms in total. The number of thioether (sulfide) groups is 1. The van der Waals surface area contributed by atoms with Crippen molar-refractivity contribution >= 4 is 22.6 Å². The first-order valence-corrected chi connectivity index (χ1v) is 7.02. The quantitative estimate of drug-likeness (QED) is 0.826. The normalized spacial score (nSPS) is 30.1. The summed E-state index contributed by atoms with van der Waals surface area (Å²) in [5, 5.41) is 0.0858. The van der Waals surface area contributed by atoms with Crippen molar-refractivity contribution in [3.8, 4) is 0 Å². The number of hydrogen-bond acceptors (Lipinski definition) is 4. The van der Waals surface area contributed by atoms with E-state index in [2.05, 4.69) is 4.99 Å². The van der Waals surface area contributed by atoms with Crippen LogP contribution in [0.15, 0.2) is 17.1 Å². The van der Waals surface area contributed by atoms with Gasteiger partial charge in [0.25, 0.3) is 0 Å². The monoisotopic (exact) mass is 303 g/mol. The van der Waals surface area contributed by atoms with E-state index in [1.165, 1.54) is 17.8 Å². The van der Waals surface area contributed by atoms with E-state index < -0.39 is 23.8 Å². The number of nitrogens with two attached hydrogens (primary N) is 2. The van der Waals surface area contributed by atoms with Crippen LogP contribution in [0, 0.1) is 17.6 Å². The third-order valence-electron chi connectivity index (χ3n) is 3.79. The van der Waals surface area contributed by atoms with Crippen LogP contribution in [0.25, 0.3) is 0 Å². The number of hydrogen-bond donors (Lipinski definition) is 2. The first-order valence-electron chi connectivity index (χ1n) is 6.14. The van der Waals surface area contributed by atoms with E-state index in [1.807, 2.05) is 6.92 Å². The number of halogens is 3. The predicted octanol–water partition coefficient (Wildman–Crippen LogP) is 2.80. The van der Waals surface area contributed by atoms with Gasteiger partial charge < -0.3 is 11.5 Å². The lowest BCUT2D eigenvalue weighted by atomic mass is 9.78. The summed E-state index contributed by atoms with van der Waals surface area (Å²) in [4.78, 5) is 4.10. The third kappa shape index (κ3) is 2.24. The summed E-state index contributed by atoms with van der Waals surface area (Å²) in [5.41, 5.74) is 9.56. The second-order valence-electron chi connectivity index (χ2n) is 4.98. The fourth-order valence-electron chi connectivity index (χ4n) is 2.46. The highest BCUT2D eigenvalue weighted by molar-refractivity contribution is 8.14. The topological polar surface area (TPSA) is 64.4 Å². The van der Waals surface area contributed by atoms with Crippen LogP contribution in [-0.4, -0.2) is 17.1 Å². The van der Waals surface area contributed by atoms with Gasteiger partial charge in [-0.15, -0.1) is 0 Å². The average Bonchev–Trinajstić information content (AvgIpc) is 2.38. The number of amidine groups is 1. The van der Waals surface area contributed by atoms with Crippen LogP contribution >= 0.6 is 11.8 Å². The van der Waals surface area contributed by atoms with E-state index in [0.29, 0.717) is 0 Å². The van der Waals surface area contributed by atoms with E-state index in [4.69, 9.17) is 11.5 Å². The molecule has 0 amide bonds. The molecule has 1 heterocycles. The largest absolute Gasteiger partial charge is 0.399 e. The molecule has 0 bridgehead atoms. The van der Waals surface area contributed by atoms with E-state index in [0.717, 1.165) is 6.07 Å². The van der Waals surface area contributed by atoms with Gasteiger partial charge in [-0.25, -0.2) is 18.2 Å². The Morgan fingerprint density at radius 1 is 1.30 bits per heavy atom. The Kier molecular flexibility index (Phi) is 3.90. The molecule has 3 atom stereocenters. The molecule has 1 unspecified atom stereocenters. The molecule has 1 aliphatic heterocycles. The highest BCUT2D eigenvalue weighted by Gasteiger charge is 2.46. The fraction of sp³-hybridized carbons (Fsp3) is 0.462. The molecular formula is C13H16F3N3S. The lowest BCUT2D eigenvalue weighted by Gasteiger charge is -2.40. The van der Waals surface area contributed by atoms with E-state index >= 15 is 0 Å². The van der Waals surface area contributed by atoms with Gasteiger partial charge in [-0.2, -0.15) is 0 Å². The van der Waals surface area contributed by atoms with Crippen molar-refractivity contribution in [1.29, 1.82) is 0 Å². The molecule has 20 heavy (non-hydrogen) atoms. The standard InChI is InChI=1S/C13H16F3N3S/c1-6-7(2)20-12(18)19-13(6,5-14)9-3-8(17)4-10(15)11(9)16/h3-4,6-7H,5,17H2,1-2H3,(H2,18,19)/t6?,7-,13-/m0/s1. The van der Waals surface area contributed by atoms with E-state index in [1.54, 1.807) is 6.92 Å². The van der Waals surface area contributed by atoms with E-state index in [9.17, 15) is 13.2 Å². The van der Waals surface area contributed by atoms with Crippen molar-refractivity contribution in [3.05, 3.63) is 29.3 Å². The maximum Gasteiger partial charge on any atom is 0.164 e. The number of alkyl halides is 1. The molecule has 4 N–H and O–H groups in total. The molecule has 0 radical (unpaired) electrons.